The summed E-state index contributed by atoms with van der Waals surface area (Å²) in [5.41, 5.74) is 3.36. The van der Waals surface area contributed by atoms with Crippen molar-refractivity contribution in [1.29, 1.82) is 5.26 Å². The fraction of sp³-hybridized carbons (Fsp3) is 0.0909. The smallest absolute Gasteiger partial charge is 0.162 e. The second-order valence-corrected chi connectivity index (χ2v) is 5.60. The van der Waals surface area contributed by atoms with Crippen LogP contribution in [-0.2, 0) is 6.61 Å². The van der Waals surface area contributed by atoms with Gasteiger partial charge in [0.1, 0.15) is 6.61 Å². The Labute approximate surface area is 153 Å². The van der Waals surface area contributed by atoms with Crippen molar-refractivity contribution in [3.8, 4) is 17.6 Å². The van der Waals surface area contributed by atoms with E-state index in [-0.39, 0.29) is 0 Å². The van der Waals surface area contributed by atoms with Crippen LogP contribution in [0.2, 0.25) is 0 Å². The molecule has 0 unspecified atom stereocenters. The molecule has 0 saturated carbocycles. The lowest BCUT2D eigenvalue weighted by atomic mass is 10.1. The Kier molecular flexibility index (Phi) is 5.64. The van der Waals surface area contributed by atoms with Crippen molar-refractivity contribution in [1.82, 2.24) is 4.98 Å². The molecule has 0 saturated heterocycles. The molecule has 2 aromatic carbocycles. The molecule has 0 radical (unpaired) electrons. The lowest BCUT2D eigenvalue weighted by Crippen LogP contribution is -1.97. The van der Waals surface area contributed by atoms with Crippen LogP contribution >= 0.6 is 0 Å². The summed E-state index contributed by atoms with van der Waals surface area (Å²) in [4.78, 5) is 4.24. The van der Waals surface area contributed by atoms with Gasteiger partial charge in [0.2, 0.25) is 0 Å². The minimum absolute atomic E-state index is 0.468. The molecular formula is C22H18N2O2. The Morgan fingerprint density at radius 2 is 1.85 bits per heavy atom. The van der Waals surface area contributed by atoms with Gasteiger partial charge in [-0.3, -0.25) is 4.98 Å². The maximum absolute atomic E-state index is 8.96. The first-order chi connectivity index (χ1) is 12.8. The third-order valence-electron chi connectivity index (χ3n) is 3.78. The molecule has 4 heteroatoms. The van der Waals surface area contributed by atoms with Crippen LogP contribution in [0.5, 0.6) is 11.5 Å². The van der Waals surface area contributed by atoms with Crippen molar-refractivity contribution < 1.29 is 9.47 Å². The highest BCUT2D eigenvalue weighted by molar-refractivity contribution is 5.70. The quantitative estimate of drug-likeness (QED) is 0.651. The van der Waals surface area contributed by atoms with Gasteiger partial charge in [-0.2, -0.15) is 5.26 Å². The van der Waals surface area contributed by atoms with Crippen LogP contribution in [0, 0.1) is 11.3 Å². The van der Waals surface area contributed by atoms with Gasteiger partial charge in [0.15, 0.2) is 11.5 Å². The number of nitrogens with zero attached hydrogens (tertiary/aromatic N) is 2. The van der Waals surface area contributed by atoms with Gasteiger partial charge in [0.05, 0.1) is 24.4 Å². The third kappa shape index (κ3) is 4.49. The first-order valence-corrected chi connectivity index (χ1v) is 8.17. The Morgan fingerprint density at radius 1 is 1.00 bits per heavy atom. The molecule has 0 aliphatic heterocycles. The Balaban J connectivity index is 1.78. The average molecular weight is 342 g/mol. The Hall–Kier alpha value is -3.58. The fourth-order valence-electron chi connectivity index (χ4n) is 2.44. The summed E-state index contributed by atoms with van der Waals surface area (Å²) in [6.45, 7) is 0.468. The zero-order valence-electron chi connectivity index (χ0n) is 14.4. The molecular weight excluding hydrogens is 324 g/mol. The summed E-state index contributed by atoms with van der Waals surface area (Å²) in [5, 5.41) is 8.96. The highest BCUT2D eigenvalue weighted by Gasteiger charge is 2.05. The zero-order chi connectivity index (χ0) is 18.2. The minimum atomic E-state index is 0.468. The zero-order valence-corrected chi connectivity index (χ0v) is 14.4. The van der Waals surface area contributed by atoms with Crippen molar-refractivity contribution in [3.63, 3.8) is 0 Å². The molecule has 0 atom stereocenters. The molecule has 0 fully saturated rings. The number of nitriles is 1. The molecule has 0 aliphatic rings. The van der Waals surface area contributed by atoms with E-state index >= 15 is 0 Å². The van der Waals surface area contributed by atoms with E-state index in [1.165, 1.54) is 0 Å². The van der Waals surface area contributed by atoms with Gasteiger partial charge in [-0.05, 0) is 41.5 Å². The molecule has 1 aromatic heterocycles. The van der Waals surface area contributed by atoms with Crippen LogP contribution in [0.4, 0.5) is 0 Å². The van der Waals surface area contributed by atoms with Gasteiger partial charge >= 0.3 is 0 Å². The molecule has 26 heavy (non-hydrogen) atoms. The van der Waals surface area contributed by atoms with E-state index in [0.717, 1.165) is 16.8 Å². The first-order valence-electron chi connectivity index (χ1n) is 8.17. The predicted octanol–water partition coefficient (Wildman–Crippen LogP) is 4.71. The van der Waals surface area contributed by atoms with E-state index in [2.05, 4.69) is 11.1 Å². The largest absolute Gasteiger partial charge is 0.493 e. The Morgan fingerprint density at radius 3 is 2.62 bits per heavy atom. The molecule has 4 nitrogen and oxygen atoms in total. The summed E-state index contributed by atoms with van der Waals surface area (Å²) in [6, 6.07) is 21.3. The number of rotatable bonds is 6. The van der Waals surface area contributed by atoms with Crippen LogP contribution in [0.15, 0.2) is 66.9 Å². The molecule has 0 aliphatic carbocycles. The van der Waals surface area contributed by atoms with E-state index in [4.69, 9.17) is 14.7 Å². The van der Waals surface area contributed by atoms with Gasteiger partial charge in [-0.1, -0.05) is 42.5 Å². The molecule has 0 spiro atoms. The topological polar surface area (TPSA) is 55.1 Å². The maximum Gasteiger partial charge on any atom is 0.162 e. The normalized spacial score (nSPS) is 10.5. The Bertz CT molecular complexity index is 944. The number of ether oxygens (including phenoxy) is 2. The number of hydrogen-bond donors (Lipinski definition) is 0. The third-order valence-corrected chi connectivity index (χ3v) is 3.78. The van der Waals surface area contributed by atoms with Crippen molar-refractivity contribution in [2.45, 2.75) is 6.61 Å². The molecule has 0 amide bonds. The number of benzene rings is 2. The van der Waals surface area contributed by atoms with Crippen LogP contribution < -0.4 is 9.47 Å². The second-order valence-electron chi connectivity index (χ2n) is 5.60. The molecule has 0 N–H and O–H groups in total. The lowest BCUT2D eigenvalue weighted by molar-refractivity contribution is 0.284. The van der Waals surface area contributed by atoms with Gasteiger partial charge in [0, 0.05) is 6.20 Å². The predicted molar refractivity (Wildman–Crippen MR) is 102 cm³/mol. The average Bonchev–Trinajstić information content (AvgIpc) is 2.71. The first kappa shape index (κ1) is 17.2. The van der Waals surface area contributed by atoms with Crippen LogP contribution in [-0.4, -0.2) is 12.1 Å². The lowest BCUT2D eigenvalue weighted by Gasteiger charge is -2.11. The van der Waals surface area contributed by atoms with Crippen LogP contribution in [0.1, 0.15) is 22.4 Å². The van der Waals surface area contributed by atoms with E-state index in [1.54, 1.807) is 25.4 Å². The van der Waals surface area contributed by atoms with Gasteiger partial charge in [0.25, 0.3) is 0 Å². The van der Waals surface area contributed by atoms with Crippen molar-refractivity contribution in [2.24, 2.45) is 0 Å². The molecule has 3 aromatic rings. The standard InChI is InChI=1S/C22H18N2O2/c1-25-21-10-8-17(7-9-20-13-19(15-23)11-12-24-20)14-22(21)26-16-18-5-3-2-4-6-18/h2-14H,16H2,1H3. The summed E-state index contributed by atoms with van der Waals surface area (Å²) in [7, 11) is 1.62. The van der Waals surface area contributed by atoms with Crippen LogP contribution in [0.25, 0.3) is 12.2 Å². The van der Waals surface area contributed by atoms with Crippen molar-refractivity contribution in [3.05, 3.63) is 89.2 Å². The van der Waals surface area contributed by atoms with E-state index in [1.807, 2.05) is 60.7 Å². The molecule has 3 rings (SSSR count). The van der Waals surface area contributed by atoms with Gasteiger partial charge < -0.3 is 9.47 Å². The SMILES string of the molecule is COc1ccc(C=Cc2cc(C#N)ccn2)cc1OCc1ccccc1. The maximum atomic E-state index is 8.96. The molecule has 128 valence electrons. The summed E-state index contributed by atoms with van der Waals surface area (Å²) in [6.07, 6.45) is 5.42. The number of methoxy groups -OCH3 is 1. The van der Waals surface area contributed by atoms with Gasteiger partial charge in [-0.25, -0.2) is 0 Å². The number of pyridine rings is 1. The van der Waals surface area contributed by atoms with Crippen molar-refractivity contribution in [2.75, 3.05) is 7.11 Å². The van der Waals surface area contributed by atoms with E-state index in [0.29, 0.717) is 23.7 Å². The van der Waals surface area contributed by atoms with Gasteiger partial charge in [-0.15, -0.1) is 0 Å². The number of aromatic nitrogens is 1. The fourth-order valence-corrected chi connectivity index (χ4v) is 2.44. The van der Waals surface area contributed by atoms with E-state index < -0.39 is 0 Å². The van der Waals surface area contributed by atoms with E-state index in [9.17, 15) is 0 Å². The number of hydrogen-bond acceptors (Lipinski definition) is 4. The molecule has 1 heterocycles. The highest BCUT2D eigenvalue weighted by atomic mass is 16.5. The highest BCUT2D eigenvalue weighted by Crippen LogP contribution is 2.29. The van der Waals surface area contributed by atoms with Crippen LogP contribution in [0.3, 0.4) is 0 Å². The second kappa shape index (κ2) is 8.50. The minimum Gasteiger partial charge on any atom is -0.493 e. The van der Waals surface area contributed by atoms with Crippen molar-refractivity contribution >= 4 is 12.2 Å². The summed E-state index contributed by atoms with van der Waals surface area (Å²) >= 11 is 0. The molecule has 0 bridgehead atoms. The monoisotopic (exact) mass is 342 g/mol. The summed E-state index contributed by atoms with van der Waals surface area (Å²) < 4.78 is 11.3. The summed E-state index contributed by atoms with van der Waals surface area (Å²) in [5.74, 6) is 1.36.